The Balaban J connectivity index is 2.79. The van der Waals surface area contributed by atoms with Crippen LogP contribution in [-0.4, -0.2) is 32.0 Å². The van der Waals surface area contributed by atoms with Crippen molar-refractivity contribution in [3.8, 4) is 0 Å². The topological polar surface area (TPSA) is 64.0 Å². The molecule has 0 bridgehead atoms. The lowest BCUT2D eigenvalue weighted by Gasteiger charge is -2.12. The second-order valence-electron chi connectivity index (χ2n) is 4.44. The molecule has 2 unspecified atom stereocenters. The quantitative estimate of drug-likeness (QED) is 0.835. The zero-order chi connectivity index (χ0) is 14.4. The number of rotatable bonds is 7. The van der Waals surface area contributed by atoms with Gasteiger partial charge in [-0.05, 0) is 13.3 Å². The van der Waals surface area contributed by atoms with Crippen molar-refractivity contribution in [1.82, 2.24) is 9.78 Å². The van der Waals surface area contributed by atoms with Gasteiger partial charge in [-0.2, -0.15) is 5.10 Å². The molecule has 1 aromatic heterocycles. The Bertz CT molecular complexity index is 504. The second kappa shape index (κ2) is 7.65. The number of unbranched alkanes of at least 4 members (excludes halogenated alkanes) is 1. The number of aromatic nitrogens is 2. The average molecular weight is 306 g/mol. The van der Waals surface area contributed by atoms with Crippen LogP contribution >= 0.6 is 11.6 Å². The molecule has 7 heteroatoms. The molecule has 0 aliphatic rings. The molecule has 0 amide bonds. The predicted molar refractivity (Wildman–Crippen MR) is 80.4 cm³/mol. The average Bonchev–Trinajstić information content (AvgIpc) is 2.38. The van der Waals surface area contributed by atoms with Gasteiger partial charge in [0.05, 0.1) is 11.9 Å². The predicted octanol–water partition coefficient (Wildman–Crippen LogP) is 1.88. The summed E-state index contributed by atoms with van der Waals surface area (Å²) in [5.41, 5.74) is 0.210. The number of aryl methyl sites for hydroxylation is 1. The van der Waals surface area contributed by atoms with Crippen LogP contribution in [0, 0.1) is 0 Å². The molecule has 0 aromatic carbocycles. The van der Waals surface area contributed by atoms with Gasteiger partial charge in [0.25, 0.3) is 5.56 Å². The van der Waals surface area contributed by atoms with Gasteiger partial charge in [0, 0.05) is 35.4 Å². The van der Waals surface area contributed by atoms with Gasteiger partial charge in [-0.3, -0.25) is 9.00 Å². The number of anilines is 1. The van der Waals surface area contributed by atoms with Gasteiger partial charge in [-0.25, -0.2) is 4.68 Å². The summed E-state index contributed by atoms with van der Waals surface area (Å²) >= 11 is 6.03. The Morgan fingerprint density at radius 2 is 2.26 bits per heavy atom. The minimum atomic E-state index is -0.914. The molecule has 2 atom stereocenters. The first-order valence-corrected chi connectivity index (χ1v) is 8.29. The second-order valence-corrected chi connectivity index (χ2v) is 6.62. The van der Waals surface area contributed by atoms with Crippen LogP contribution in [0.25, 0.3) is 0 Å². The Morgan fingerprint density at radius 1 is 1.58 bits per heavy atom. The summed E-state index contributed by atoms with van der Waals surface area (Å²) in [6, 6.07) is 0. The molecular weight excluding hydrogens is 286 g/mol. The third-order valence-electron chi connectivity index (χ3n) is 2.85. The van der Waals surface area contributed by atoms with Crippen LogP contribution in [0.3, 0.4) is 0 Å². The van der Waals surface area contributed by atoms with Crippen molar-refractivity contribution in [1.29, 1.82) is 0 Å². The lowest BCUT2D eigenvalue weighted by Crippen LogP contribution is -2.26. The van der Waals surface area contributed by atoms with E-state index in [1.807, 2.05) is 6.92 Å². The number of halogens is 1. The van der Waals surface area contributed by atoms with Gasteiger partial charge >= 0.3 is 0 Å². The zero-order valence-corrected chi connectivity index (χ0v) is 13.1. The molecule has 1 aromatic rings. The molecule has 19 heavy (non-hydrogen) atoms. The fourth-order valence-electron chi connectivity index (χ4n) is 1.43. The van der Waals surface area contributed by atoms with Crippen LogP contribution in [0.5, 0.6) is 0 Å². The van der Waals surface area contributed by atoms with Crippen LogP contribution in [0.1, 0.15) is 26.7 Å². The van der Waals surface area contributed by atoms with Crippen LogP contribution in [0.2, 0.25) is 5.02 Å². The van der Waals surface area contributed by atoms with Crippen LogP contribution in [0.15, 0.2) is 11.0 Å². The largest absolute Gasteiger partial charge is 0.381 e. The monoisotopic (exact) mass is 305 g/mol. The lowest BCUT2D eigenvalue weighted by atomic mass is 10.3. The van der Waals surface area contributed by atoms with Gasteiger partial charge in [-0.15, -0.1) is 0 Å². The van der Waals surface area contributed by atoms with E-state index in [-0.39, 0.29) is 15.8 Å². The maximum Gasteiger partial charge on any atom is 0.287 e. The van der Waals surface area contributed by atoms with E-state index in [0.29, 0.717) is 18.8 Å². The third-order valence-corrected chi connectivity index (χ3v) is 4.52. The fourth-order valence-corrected chi connectivity index (χ4v) is 1.96. The number of hydrogen-bond acceptors (Lipinski definition) is 4. The Kier molecular flexibility index (Phi) is 6.51. The van der Waals surface area contributed by atoms with Crippen molar-refractivity contribution >= 4 is 28.1 Å². The van der Waals surface area contributed by atoms with Crippen molar-refractivity contribution in [2.75, 3.05) is 18.1 Å². The third kappa shape index (κ3) is 4.62. The summed E-state index contributed by atoms with van der Waals surface area (Å²) < 4.78 is 12.6. The van der Waals surface area contributed by atoms with Gasteiger partial charge in [0.2, 0.25) is 0 Å². The maximum atomic E-state index is 11.9. The summed E-state index contributed by atoms with van der Waals surface area (Å²) in [7, 11) is -0.914. The number of nitrogens with one attached hydrogen (secondary N) is 1. The molecule has 5 nitrogen and oxygen atoms in total. The highest BCUT2D eigenvalue weighted by Crippen LogP contribution is 2.15. The Hall–Kier alpha value is -0.880. The van der Waals surface area contributed by atoms with Gasteiger partial charge in [0.15, 0.2) is 0 Å². The van der Waals surface area contributed by atoms with Crippen molar-refractivity contribution in [2.24, 2.45) is 0 Å². The van der Waals surface area contributed by atoms with Crippen molar-refractivity contribution in [2.45, 2.75) is 38.5 Å². The van der Waals surface area contributed by atoms with Gasteiger partial charge in [-0.1, -0.05) is 24.9 Å². The molecule has 0 saturated carbocycles. The van der Waals surface area contributed by atoms with Crippen LogP contribution < -0.4 is 10.9 Å². The molecule has 1 N–H and O–H groups in total. The van der Waals surface area contributed by atoms with Crippen molar-refractivity contribution < 1.29 is 4.21 Å². The molecule has 0 spiro atoms. The van der Waals surface area contributed by atoms with E-state index in [1.54, 1.807) is 12.5 Å². The van der Waals surface area contributed by atoms with Gasteiger partial charge < -0.3 is 5.32 Å². The molecule has 0 fully saturated rings. The van der Waals surface area contributed by atoms with E-state index < -0.39 is 10.8 Å². The Morgan fingerprint density at radius 3 is 2.84 bits per heavy atom. The highest BCUT2D eigenvalue weighted by atomic mass is 35.5. The highest BCUT2D eigenvalue weighted by molar-refractivity contribution is 7.84. The SMILES string of the molecule is CCCCn1ncc(NCC(C)S(C)=O)c(Cl)c1=O. The molecule has 108 valence electrons. The first-order valence-electron chi connectivity index (χ1n) is 6.29. The van der Waals surface area contributed by atoms with Gasteiger partial charge in [0.1, 0.15) is 5.02 Å². The minimum Gasteiger partial charge on any atom is -0.381 e. The van der Waals surface area contributed by atoms with E-state index in [2.05, 4.69) is 17.3 Å². The molecule has 0 aliphatic carbocycles. The summed E-state index contributed by atoms with van der Waals surface area (Å²) in [5.74, 6) is 0. The molecular formula is C12H20ClN3O2S. The first-order chi connectivity index (χ1) is 8.97. The van der Waals surface area contributed by atoms with E-state index in [4.69, 9.17) is 11.6 Å². The standard InChI is InChI=1S/C12H20ClN3O2S/c1-4-5-6-16-12(17)11(13)10(8-15-16)14-7-9(2)19(3)18/h8-9,14H,4-7H2,1-3H3. The summed E-state index contributed by atoms with van der Waals surface area (Å²) in [4.78, 5) is 11.9. The van der Waals surface area contributed by atoms with E-state index >= 15 is 0 Å². The lowest BCUT2D eigenvalue weighted by molar-refractivity contribution is 0.543. The Labute approximate surface area is 120 Å². The minimum absolute atomic E-state index is 0.0152. The van der Waals surface area contributed by atoms with Crippen molar-refractivity contribution in [3.63, 3.8) is 0 Å². The normalized spacial score (nSPS) is 14.1. The van der Waals surface area contributed by atoms with E-state index in [1.165, 1.54) is 4.68 Å². The summed E-state index contributed by atoms with van der Waals surface area (Å²) in [5, 5.41) is 7.22. The summed E-state index contributed by atoms with van der Waals surface area (Å²) in [6.45, 7) is 4.98. The smallest absolute Gasteiger partial charge is 0.287 e. The molecule has 1 heterocycles. The van der Waals surface area contributed by atoms with Crippen LogP contribution in [-0.2, 0) is 17.3 Å². The zero-order valence-electron chi connectivity index (χ0n) is 11.5. The van der Waals surface area contributed by atoms with Crippen LogP contribution in [0.4, 0.5) is 5.69 Å². The molecule has 0 aliphatic heterocycles. The van der Waals surface area contributed by atoms with E-state index in [9.17, 15) is 9.00 Å². The highest BCUT2D eigenvalue weighted by Gasteiger charge is 2.11. The fraction of sp³-hybridized carbons (Fsp3) is 0.667. The summed E-state index contributed by atoms with van der Waals surface area (Å²) in [6.07, 6.45) is 5.08. The number of hydrogen-bond donors (Lipinski definition) is 1. The first kappa shape index (κ1) is 16.2. The van der Waals surface area contributed by atoms with E-state index in [0.717, 1.165) is 12.8 Å². The molecule has 0 radical (unpaired) electrons. The maximum absolute atomic E-state index is 11.9. The van der Waals surface area contributed by atoms with Crippen molar-refractivity contribution in [3.05, 3.63) is 21.6 Å². The molecule has 1 rings (SSSR count). The molecule has 0 saturated heterocycles. The number of nitrogens with zero attached hydrogens (tertiary/aromatic N) is 2.